The highest BCUT2D eigenvalue weighted by Crippen LogP contribution is 2.25. The number of rotatable bonds is 6. The van der Waals surface area contributed by atoms with E-state index in [2.05, 4.69) is 37.8 Å². The molecule has 3 rings (SSSR count). The third-order valence-electron chi connectivity index (χ3n) is 3.51. The van der Waals surface area contributed by atoms with Gasteiger partial charge in [-0.15, -0.1) is 24.8 Å². The second-order valence-corrected chi connectivity index (χ2v) is 7.47. The van der Waals surface area contributed by atoms with Crippen LogP contribution < -0.4 is 9.60 Å². The van der Waals surface area contributed by atoms with Gasteiger partial charge in [0.25, 0.3) is 0 Å². The lowest BCUT2D eigenvalue weighted by molar-refractivity contribution is 0.729. The van der Waals surface area contributed by atoms with Crippen LogP contribution in [0.2, 0.25) is 0 Å². The summed E-state index contributed by atoms with van der Waals surface area (Å²) < 4.78 is 4.14. The highest BCUT2D eigenvalue weighted by molar-refractivity contribution is 7.03. The van der Waals surface area contributed by atoms with Gasteiger partial charge in [-0.05, 0) is 42.0 Å². The Kier molecular flexibility index (Phi) is 8.69. The summed E-state index contributed by atoms with van der Waals surface area (Å²) in [6, 6.07) is 8.08. The summed E-state index contributed by atoms with van der Waals surface area (Å²) in [7, 11) is 0. The maximum absolute atomic E-state index is 7.84. The summed E-state index contributed by atoms with van der Waals surface area (Å²) in [5.41, 5.74) is 1.97. The summed E-state index contributed by atoms with van der Waals surface area (Å²) in [5, 5.41) is 15.7. The number of benzene rings is 1. The van der Waals surface area contributed by atoms with E-state index in [-0.39, 0.29) is 24.8 Å². The molecule has 142 valence electrons. The normalized spacial score (nSPS) is 10.2. The molecule has 1 aromatic carbocycles. The number of hydrogen-bond acceptors (Lipinski definition) is 6. The van der Waals surface area contributed by atoms with Crippen molar-refractivity contribution in [2.24, 2.45) is 0 Å². The molecule has 0 aliphatic carbocycles. The standard InChI is InChI=1S/C16H20N6S2.2ClH/c1-3-8-21-13(19-15(17)23-21)11-6-5-7-12(10-11)14-20-16(18)24-22(14)9-4-2;;/h5-7,10,17-18H,3-4,8-9H2,1-2H3;2*1H. The number of aryl methyl sites for hydroxylation is 2. The first-order valence-electron chi connectivity index (χ1n) is 7.98. The van der Waals surface area contributed by atoms with Gasteiger partial charge in [0.1, 0.15) is 0 Å². The molecule has 0 saturated heterocycles. The van der Waals surface area contributed by atoms with Crippen molar-refractivity contribution < 1.29 is 0 Å². The molecule has 0 unspecified atom stereocenters. The SMILES string of the molecule is CCCn1sc(=N)nc1-c1cccc(-c2nc(=N)sn2CCC)c1.Cl.Cl. The van der Waals surface area contributed by atoms with Gasteiger partial charge in [-0.3, -0.25) is 18.7 Å². The molecule has 0 atom stereocenters. The third kappa shape index (κ3) is 4.82. The zero-order chi connectivity index (χ0) is 17.1. The van der Waals surface area contributed by atoms with Crippen molar-refractivity contribution in [1.82, 2.24) is 17.9 Å². The average Bonchev–Trinajstić information content (AvgIpc) is 3.11. The average molecular weight is 433 g/mol. The van der Waals surface area contributed by atoms with Gasteiger partial charge in [0, 0.05) is 24.2 Å². The fourth-order valence-corrected chi connectivity index (χ4v) is 4.25. The number of hydrogen-bond donors (Lipinski definition) is 2. The van der Waals surface area contributed by atoms with Gasteiger partial charge in [0.05, 0.1) is 0 Å². The fourth-order valence-electron chi connectivity index (χ4n) is 2.56. The molecule has 26 heavy (non-hydrogen) atoms. The molecule has 10 heteroatoms. The Morgan fingerprint density at radius 2 is 1.27 bits per heavy atom. The Hall–Kier alpha value is -1.48. The van der Waals surface area contributed by atoms with Crippen LogP contribution in [-0.4, -0.2) is 17.9 Å². The molecule has 6 nitrogen and oxygen atoms in total. The fraction of sp³-hybridized carbons (Fsp3) is 0.375. The topological polar surface area (TPSA) is 83.3 Å². The first kappa shape index (κ1) is 22.6. The quantitative estimate of drug-likeness (QED) is 0.612. The second kappa shape index (κ2) is 10.0. The zero-order valence-corrected chi connectivity index (χ0v) is 17.8. The maximum atomic E-state index is 7.84. The maximum Gasteiger partial charge on any atom is 0.219 e. The summed E-state index contributed by atoms with van der Waals surface area (Å²) >= 11 is 2.75. The number of nitrogens with one attached hydrogen (secondary N) is 2. The van der Waals surface area contributed by atoms with Crippen molar-refractivity contribution in [3.05, 3.63) is 33.9 Å². The van der Waals surface area contributed by atoms with E-state index in [1.165, 1.54) is 23.1 Å². The van der Waals surface area contributed by atoms with Crippen molar-refractivity contribution in [3.8, 4) is 22.8 Å². The van der Waals surface area contributed by atoms with Crippen LogP contribution in [0.15, 0.2) is 24.3 Å². The first-order valence-corrected chi connectivity index (χ1v) is 9.53. The van der Waals surface area contributed by atoms with Crippen LogP contribution >= 0.6 is 47.9 Å². The van der Waals surface area contributed by atoms with Crippen LogP contribution in [0.3, 0.4) is 0 Å². The predicted molar refractivity (Wildman–Crippen MR) is 111 cm³/mol. The molecule has 2 N–H and O–H groups in total. The molecule has 3 aromatic rings. The van der Waals surface area contributed by atoms with Crippen LogP contribution in [0.25, 0.3) is 22.8 Å². The van der Waals surface area contributed by atoms with Crippen LogP contribution in [0.5, 0.6) is 0 Å². The van der Waals surface area contributed by atoms with E-state index in [9.17, 15) is 0 Å². The predicted octanol–water partition coefficient (Wildman–Crippen LogP) is 4.16. The van der Waals surface area contributed by atoms with Crippen LogP contribution in [0.4, 0.5) is 0 Å². The Bertz CT molecular complexity index is 883. The molecular formula is C16H22Cl2N6S2. The smallest absolute Gasteiger partial charge is 0.219 e. The minimum Gasteiger partial charge on any atom is -0.278 e. The van der Waals surface area contributed by atoms with E-state index in [0.29, 0.717) is 9.60 Å². The van der Waals surface area contributed by atoms with Crippen molar-refractivity contribution in [3.63, 3.8) is 0 Å². The van der Waals surface area contributed by atoms with E-state index >= 15 is 0 Å². The number of halogens is 2. The molecule has 0 spiro atoms. The van der Waals surface area contributed by atoms with Gasteiger partial charge in [-0.2, -0.15) is 9.97 Å². The van der Waals surface area contributed by atoms with E-state index in [4.69, 9.17) is 10.8 Å². The minimum atomic E-state index is 0. The van der Waals surface area contributed by atoms with E-state index in [1.54, 1.807) is 0 Å². The summed E-state index contributed by atoms with van der Waals surface area (Å²) in [4.78, 5) is 9.42. The van der Waals surface area contributed by atoms with Crippen LogP contribution in [-0.2, 0) is 13.1 Å². The van der Waals surface area contributed by atoms with E-state index in [1.807, 2.05) is 18.2 Å². The summed E-state index contributed by atoms with van der Waals surface area (Å²) in [6.07, 6.45) is 2.01. The van der Waals surface area contributed by atoms with Crippen molar-refractivity contribution in [2.75, 3.05) is 0 Å². The molecule has 0 radical (unpaired) electrons. The van der Waals surface area contributed by atoms with Crippen LogP contribution in [0, 0.1) is 10.8 Å². The third-order valence-corrected chi connectivity index (χ3v) is 5.19. The lowest BCUT2D eigenvalue weighted by Crippen LogP contribution is -1.99. The van der Waals surface area contributed by atoms with Gasteiger partial charge in [-0.1, -0.05) is 32.0 Å². The van der Waals surface area contributed by atoms with Gasteiger partial charge >= 0.3 is 0 Å². The largest absolute Gasteiger partial charge is 0.278 e. The molecule has 0 aliphatic heterocycles. The van der Waals surface area contributed by atoms with E-state index < -0.39 is 0 Å². The van der Waals surface area contributed by atoms with Crippen LogP contribution in [0.1, 0.15) is 26.7 Å². The Morgan fingerprint density at radius 1 is 0.846 bits per heavy atom. The number of nitrogens with zero attached hydrogens (tertiary/aromatic N) is 4. The lowest BCUT2D eigenvalue weighted by Gasteiger charge is -2.08. The van der Waals surface area contributed by atoms with Gasteiger partial charge in [0.15, 0.2) is 11.6 Å². The summed E-state index contributed by atoms with van der Waals surface area (Å²) in [5.74, 6) is 1.66. The van der Waals surface area contributed by atoms with Crippen molar-refractivity contribution in [1.29, 1.82) is 10.8 Å². The zero-order valence-electron chi connectivity index (χ0n) is 14.6. The minimum absolute atomic E-state index is 0. The van der Waals surface area contributed by atoms with Gasteiger partial charge in [0.2, 0.25) is 9.60 Å². The number of aromatic nitrogens is 4. The Balaban J connectivity index is 0.00000169. The molecule has 0 bridgehead atoms. The Morgan fingerprint density at radius 3 is 1.65 bits per heavy atom. The molecule has 0 amide bonds. The monoisotopic (exact) mass is 432 g/mol. The molecular weight excluding hydrogens is 411 g/mol. The first-order chi connectivity index (χ1) is 11.6. The lowest BCUT2D eigenvalue weighted by atomic mass is 10.1. The molecule has 2 aromatic heterocycles. The van der Waals surface area contributed by atoms with E-state index in [0.717, 1.165) is 48.7 Å². The molecule has 0 fully saturated rings. The van der Waals surface area contributed by atoms with Crippen molar-refractivity contribution in [2.45, 2.75) is 39.8 Å². The van der Waals surface area contributed by atoms with Crippen molar-refractivity contribution >= 4 is 47.9 Å². The summed E-state index contributed by atoms with van der Waals surface area (Å²) in [6.45, 7) is 5.96. The molecule has 0 saturated carbocycles. The molecule has 0 aliphatic rings. The van der Waals surface area contributed by atoms with Gasteiger partial charge < -0.3 is 0 Å². The Labute approximate surface area is 172 Å². The molecule has 2 heterocycles. The van der Waals surface area contributed by atoms with Gasteiger partial charge in [-0.25, -0.2) is 0 Å². The highest BCUT2D eigenvalue weighted by atomic mass is 35.5. The second-order valence-electron chi connectivity index (χ2n) is 5.45. The highest BCUT2D eigenvalue weighted by Gasteiger charge is 2.12.